The van der Waals surface area contributed by atoms with Gasteiger partial charge in [0.05, 0.1) is 0 Å². The lowest BCUT2D eigenvalue weighted by atomic mass is 9.77. The molecule has 3 aromatic rings. The lowest BCUT2D eigenvalue weighted by molar-refractivity contribution is -0.189. The molecule has 36 heavy (non-hydrogen) atoms. The van der Waals surface area contributed by atoms with Gasteiger partial charge in [-0.3, -0.25) is 0 Å². The van der Waals surface area contributed by atoms with Crippen LogP contribution in [0.1, 0.15) is 68.1 Å². The summed E-state index contributed by atoms with van der Waals surface area (Å²) in [5, 5.41) is 0. The van der Waals surface area contributed by atoms with E-state index in [2.05, 4.69) is 11.7 Å². The van der Waals surface area contributed by atoms with E-state index in [1.807, 2.05) is 12.1 Å². The number of rotatable bonds is 7. The molecule has 4 rings (SSSR count). The molecule has 0 bridgehead atoms. The van der Waals surface area contributed by atoms with E-state index in [-0.39, 0.29) is 11.1 Å². The van der Waals surface area contributed by atoms with Gasteiger partial charge in [-0.2, -0.15) is 8.78 Å². The molecule has 1 aliphatic rings. The fraction of sp³-hybridized carbons (Fsp3) is 0.379. The van der Waals surface area contributed by atoms with Crippen LogP contribution in [0.25, 0.3) is 11.1 Å². The SMILES string of the molecule is CCCC1CCC(c2ccc(-c3cc(F)c(C(F)(F)Oc4cc(F)c(C)c(F)c4)c(F)c3)cc2)CC1. The predicted molar refractivity (Wildman–Crippen MR) is 127 cm³/mol. The topological polar surface area (TPSA) is 9.23 Å². The van der Waals surface area contributed by atoms with Gasteiger partial charge in [0, 0.05) is 17.7 Å². The summed E-state index contributed by atoms with van der Waals surface area (Å²) in [4.78, 5) is 0. The summed E-state index contributed by atoms with van der Waals surface area (Å²) in [6.45, 7) is 3.32. The van der Waals surface area contributed by atoms with Crippen LogP contribution in [0.4, 0.5) is 26.3 Å². The zero-order valence-electron chi connectivity index (χ0n) is 20.2. The van der Waals surface area contributed by atoms with E-state index >= 15 is 0 Å². The molecule has 0 amide bonds. The summed E-state index contributed by atoms with van der Waals surface area (Å²) in [5.41, 5.74) is -0.288. The highest BCUT2D eigenvalue weighted by Gasteiger charge is 2.41. The lowest BCUT2D eigenvalue weighted by Crippen LogP contribution is -2.25. The number of ether oxygens (including phenoxy) is 1. The standard InChI is InChI=1S/C29H28F6O/c1-3-4-18-5-7-19(8-6-18)20-9-11-21(12-10-20)22-13-26(32)28(27(33)14-22)29(34,35)36-23-15-24(30)17(2)25(31)16-23/h9-16,18-19H,3-8H2,1-2H3. The minimum Gasteiger partial charge on any atom is -0.429 e. The van der Waals surface area contributed by atoms with E-state index in [0.29, 0.717) is 23.6 Å². The van der Waals surface area contributed by atoms with Crippen LogP contribution in [0.15, 0.2) is 48.5 Å². The third kappa shape index (κ3) is 5.55. The second-order valence-corrected chi connectivity index (χ2v) is 9.57. The molecule has 7 heteroatoms. The lowest BCUT2D eigenvalue weighted by Gasteiger charge is -2.28. The molecule has 1 saturated carbocycles. The summed E-state index contributed by atoms with van der Waals surface area (Å²) in [7, 11) is 0. The average Bonchev–Trinajstić information content (AvgIpc) is 2.82. The summed E-state index contributed by atoms with van der Waals surface area (Å²) in [6, 6.07) is 9.97. The average molecular weight is 507 g/mol. The summed E-state index contributed by atoms with van der Waals surface area (Å²) in [6.07, 6.45) is 2.53. The summed E-state index contributed by atoms with van der Waals surface area (Å²) in [5.74, 6) is -4.95. The molecule has 0 unspecified atom stereocenters. The highest BCUT2D eigenvalue weighted by Crippen LogP contribution is 2.40. The zero-order chi connectivity index (χ0) is 26.0. The van der Waals surface area contributed by atoms with Crippen molar-refractivity contribution >= 4 is 0 Å². The van der Waals surface area contributed by atoms with Crippen molar-refractivity contribution in [3.05, 3.63) is 88.5 Å². The number of halogens is 6. The van der Waals surface area contributed by atoms with Crippen LogP contribution in [-0.4, -0.2) is 0 Å². The Labute approximate surface area is 207 Å². The molecule has 0 spiro atoms. The van der Waals surface area contributed by atoms with Gasteiger partial charge >= 0.3 is 6.11 Å². The van der Waals surface area contributed by atoms with Crippen molar-refractivity contribution in [1.29, 1.82) is 0 Å². The van der Waals surface area contributed by atoms with Crippen LogP contribution in [0.3, 0.4) is 0 Å². The van der Waals surface area contributed by atoms with Crippen molar-refractivity contribution in [2.24, 2.45) is 5.92 Å². The Hall–Kier alpha value is -2.96. The van der Waals surface area contributed by atoms with Gasteiger partial charge in [0.15, 0.2) is 0 Å². The third-order valence-electron chi connectivity index (χ3n) is 7.09. The number of hydrogen-bond acceptors (Lipinski definition) is 1. The second-order valence-electron chi connectivity index (χ2n) is 9.57. The molecular weight excluding hydrogens is 478 g/mol. The van der Waals surface area contributed by atoms with Crippen LogP contribution in [0.2, 0.25) is 0 Å². The molecule has 0 aromatic heterocycles. The Balaban J connectivity index is 1.53. The van der Waals surface area contributed by atoms with E-state index in [1.165, 1.54) is 25.7 Å². The molecule has 1 fully saturated rings. The maximum absolute atomic E-state index is 14.7. The van der Waals surface area contributed by atoms with E-state index in [0.717, 1.165) is 43.4 Å². The van der Waals surface area contributed by atoms with Gasteiger partial charge in [-0.1, -0.05) is 44.0 Å². The maximum atomic E-state index is 14.7. The Kier molecular flexibility index (Phi) is 7.67. The fourth-order valence-electron chi connectivity index (χ4n) is 5.04. The molecule has 0 N–H and O–H groups in total. The van der Waals surface area contributed by atoms with Crippen LogP contribution in [-0.2, 0) is 6.11 Å². The van der Waals surface area contributed by atoms with Gasteiger partial charge in [-0.25, -0.2) is 17.6 Å². The largest absolute Gasteiger partial charge is 0.432 e. The molecule has 1 aliphatic carbocycles. The van der Waals surface area contributed by atoms with E-state index in [1.54, 1.807) is 12.1 Å². The van der Waals surface area contributed by atoms with Crippen molar-refractivity contribution in [3.63, 3.8) is 0 Å². The fourth-order valence-corrected chi connectivity index (χ4v) is 5.04. The molecule has 192 valence electrons. The van der Waals surface area contributed by atoms with Crippen LogP contribution in [0, 0.1) is 36.1 Å². The van der Waals surface area contributed by atoms with Gasteiger partial charge in [-0.05, 0) is 73.3 Å². The first-order chi connectivity index (χ1) is 17.1. The van der Waals surface area contributed by atoms with Gasteiger partial charge < -0.3 is 4.74 Å². The Morgan fingerprint density at radius 1 is 0.778 bits per heavy atom. The van der Waals surface area contributed by atoms with Gasteiger partial charge in [0.2, 0.25) is 0 Å². The number of hydrogen-bond donors (Lipinski definition) is 0. The minimum atomic E-state index is -4.50. The highest BCUT2D eigenvalue weighted by atomic mass is 19.3. The first kappa shape index (κ1) is 26.1. The van der Waals surface area contributed by atoms with Crippen molar-refractivity contribution in [2.45, 2.75) is 64.4 Å². The van der Waals surface area contributed by atoms with Gasteiger partial charge in [0.1, 0.15) is 34.6 Å². The van der Waals surface area contributed by atoms with Crippen LogP contribution < -0.4 is 4.74 Å². The minimum absolute atomic E-state index is 0.0928. The van der Waals surface area contributed by atoms with Gasteiger partial charge in [0.25, 0.3) is 0 Å². The normalized spacial score (nSPS) is 18.3. The molecule has 0 atom stereocenters. The second kappa shape index (κ2) is 10.6. The number of benzene rings is 3. The summed E-state index contributed by atoms with van der Waals surface area (Å²) < 4.78 is 90.5. The Morgan fingerprint density at radius 2 is 1.33 bits per heavy atom. The molecule has 0 heterocycles. The summed E-state index contributed by atoms with van der Waals surface area (Å²) >= 11 is 0. The van der Waals surface area contributed by atoms with Crippen molar-refractivity contribution in [2.75, 3.05) is 0 Å². The van der Waals surface area contributed by atoms with Crippen LogP contribution >= 0.6 is 0 Å². The predicted octanol–water partition coefficient (Wildman–Crippen LogP) is 9.42. The van der Waals surface area contributed by atoms with E-state index < -0.39 is 40.7 Å². The quantitative estimate of drug-likeness (QED) is 0.290. The molecule has 1 nitrogen and oxygen atoms in total. The number of alkyl halides is 2. The van der Waals surface area contributed by atoms with Crippen molar-refractivity contribution in [3.8, 4) is 16.9 Å². The maximum Gasteiger partial charge on any atom is 0.432 e. The molecule has 3 aromatic carbocycles. The zero-order valence-corrected chi connectivity index (χ0v) is 20.2. The molecule has 0 radical (unpaired) electrons. The highest BCUT2D eigenvalue weighted by molar-refractivity contribution is 5.64. The monoisotopic (exact) mass is 506 g/mol. The van der Waals surface area contributed by atoms with E-state index in [4.69, 9.17) is 0 Å². The molecular formula is C29H28F6O. The van der Waals surface area contributed by atoms with Crippen molar-refractivity contribution in [1.82, 2.24) is 0 Å². The van der Waals surface area contributed by atoms with E-state index in [9.17, 15) is 26.3 Å². The first-order valence-corrected chi connectivity index (χ1v) is 12.2. The van der Waals surface area contributed by atoms with Crippen LogP contribution in [0.5, 0.6) is 5.75 Å². The smallest absolute Gasteiger partial charge is 0.429 e. The molecule has 0 aliphatic heterocycles. The molecule has 0 saturated heterocycles. The Bertz CT molecular complexity index is 1170. The first-order valence-electron chi connectivity index (χ1n) is 12.2. The van der Waals surface area contributed by atoms with Crippen molar-refractivity contribution < 1.29 is 31.1 Å². The van der Waals surface area contributed by atoms with Gasteiger partial charge in [-0.15, -0.1) is 0 Å². The third-order valence-corrected chi connectivity index (χ3v) is 7.09. The Morgan fingerprint density at radius 3 is 1.86 bits per heavy atom.